The van der Waals surface area contributed by atoms with Crippen molar-refractivity contribution >= 4 is 35.6 Å². The molecule has 20 heavy (non-hydrogen) atoms. The number of nitrogens with two attached hydrogens (primary N) is 1. The summed E-state index contributed by atoms with van der Waals surface area (Å²) < 4.78 is 5.46. The molecule has 1 aromatic rings. The van der Waals surface area contributed by atoms with Gasteiger partial charge in [-0.05, 0) is 30.5 Å². The Morgan fingerprint density at radius 3 is 2.60 bits per heavy atom. The highest BCUT2D eigenvalue weighted by atomic mass is 35.5. The molecule has 1 rings (SSSR count). The maximum atomic E-state index is 11.8. The summed E-state index contributed by atoms with van der Waals surface area (Å²) >= 11 is 6.08. The summed E-state index contributed by atoms with van der Waals surface area (Å²) in [4.78, 5) is 11.8. The second-order valence-corrected chi connectivity index (χ2v) is 5.16. The summed E-state index contributed by atoms with van der Waals surface area (Å²) in [6.07, 6.45) is 0.915. The van der Waals surface area contributed by atoms with Crippen LogP contribution in [0.1, 0.15) is 27.2 Å². The number of amides is 1. The molecule has 0 radical (unpaired) electrons. The number of carbonyl (C=O) groups is 1. The molecule has 1 aromatic carbocycles. The number of hydrogen-bond donors (Lipinski definition) is 2. The molecule has 0 heterocycles. The summed E-state index contributed by atoms with van der Waals surface area (Å²) in [6.45, 7) is 6.44. The minimum Gasteiger partial charge on any atom is -0.492 e. The number of halogens is 2. The van der Waals surface area contributed by atoms with Crippen LogP contribution < -0.4 is 15.8 Å². The van der Waals surface area contributed by atoms with Crippen molar-refractivity contribution in [2.24, 2.45) is 11.7 Å². The smallest absolute Gasteiger partial charge is 0.241 e. The first-order valence-corrected chi connectivity index (χ1v) is 6.82. The molecule has 4 nitrogen and oxygen atoms in total. The Kier molecular flexibility index (Phi) is 8.62. The molecule has 0 saturated carbocycles. The van der Waals surface area contributed by atoms with Crippen molar-refractivity contribution in [2.45, 2.75) is 33.2 Å². The van der Waals surface area contributed by atoms with Gasteiger partial charge in [-0.1, -0.05) is 32.4 Å². The van der Waals surface area contributed by atoms with Crippen molar-refractivity contribution in [3.05, 3.63) is 23.2 Å². The van der Waals surface area contributed by atoms with Gasteiger partial charge in [0.15, 0.2) is 0 Å². The predicted octanol–water partition coefficient (Wildman–Crippen LogP) is 3.47. The van der Waals surface area contributed by atoms with Crippen LogP contribution in [-0.2, 0) is 4.79 Å². The van der Waals surface area contributed by atoms with Crippen LogP contribution in [0.4, 0.5) is 5.69 Å². The summed E-state index contributed by atoms with van der Waals surface area (Å²) in [5.74, 6) is 0.491. The van der Waals surface area contributed by atoms with Crippen LogP contribution in [0.15, 0.2) is 18.2 Å². The molecule has 1 amide bonds. The number of rotatable bonds is 6. The standard InChI is InChI=1S/C14H21ClN2O2.ClH/c1-4-7-19-12-6-5-10(8-11(12)15)17-14(18)13(16)9(2)3;/h5-6,8-9,13H,4,7,16H2,1-3H3,(H,17,18);1H/t13-;/m1./s1. The molecule has 114 valence electrons. The van der Waals surface area contributed by atoms with Gasteiger partial charge < -0.3 is 15.8 Å². The number of anilines is 1. The Morgan fingerprint density at radius 2 is 2.10 bits per heavy atom. The molecule has 0 fully saturated rings. The normalized spacial score (nSPS) is 11.7. The van der Waals surface area contributed by atoms with E-state index in [1.54, 1.807) is 18.2 Å². The topological polar surface area (TPSA) is 64.3 Å². The lowest BCUT2D eigenvalue weighted by atomic mass is 10.0. The van der Waals surface area contributed by atoms with Gasteiger partial charge in [0, 0.05) is 5.69 Å². The first kappa shape index (κ1) is 19.0. The Balaban J connectivity index is 0.00000361. The summed E-state index contributed by atoms with van der Waals surface area (Å²) in [6, 6.07) is 4.63. The molecule has 0 aliphatic rings. The van der Waals surface area contributed by atoms with Crippen LogP contribution in [0.3, 0.4) is 0 Å². The van der Waals surface area contributed by atoms with E-state index in [2.05, 4.69) is 5.32 Å². The second kappa shape index (κ2) is 9.06. The van der Waals surface area contributed by atoms with E-state index in [0.717, 1.165) is 6.42 Å². The van der Waals surface area contributed by atoms with Crippen molar-refractivity contribution in [1.82, 2.24) is 0 Å². The van der Waals surface area contributed by atoms with E-state index in [9.17, 15) is 4.79 Å². The Morgan fingerprint density at radius 1 is 1.45 bits per heavy atom. The molecule has 0 aliphatic carbocycles. The Labute approximate surface area is 131 Å². The number of benzene rings is 1. The highest BCUT2D eigenvalue weighted by molar-refractivity contribution is 6.32. The number of ether oxygens (including phenoxy) is 1. The second-order valence-electron chi connectivity index (χ2n) is 4.75. The van der Waals surface area contributed by atoms with Gasteiger partial charge in [0.2, 0.25) is 5.91 Å². The minimum atomic E-state index is -0.533. The summed E-state index contributed by atoms with van der Waals surface area (Å²) in [5.41, 5.74) is 6.39. The molecule has 0 aliphatic heterocycles. The van der Waals surface area contributed by atoms with Gasteiger partial charge in [0.1, 0.15) is 5.75 Å². The van der Waals surface area contributed by atoms with Crippen molar-refractivity contribution in [2.75, 3.05) is 11.9 Å². The minimum absolute atomic E-state index is 0. The van der Waals surface area contributed by atoms with E-state index in [1.165, 1.54) is 0 Å². The third kappa shape index (κ3) is 5.57. The van der Waals surface area contributed by atoms with Crippen LogP contribution in [0, 0.1) is 5.92 Å². The molecule has 0 spiro atoms. The van der Waals surface area contributed by atoms with Crippen molar-refractivity contribution in [3.8, 4) is 5.75 Å². The average Bonchev–Trinajstić information content (AvgIpc) is 2.36. The van der Waals surface area contributed by atoms with Crippen LogP contribution in [0.25, 0.3) is 0 Å². The van der Waals surface area contributed by atoms with Crippen molar-refractivity contribution < 1.29 is 9.53 Å². The molecule has 6 heteroatoms. The van der Waals surface area contributed by atoms with E-state index < -0.39 is 6.04 Å². The lowest BCUT2D eigenvalue weighted by Crippen LogP contribution is -2.39. The van der Waals surface area contributed by atoms with Crippen LogP contribution in [0.2, 0.25) is 5.02 Å². The maximum absolute atomic E-state index is 11.8. The van der Waals surface area contributed by atoms with Crippen LogP contribution >= 0.6 is 24.0 Å². The molecule has 3 N–H and O–H groups in total. The fourth-order valence-corrected chi connectivity index (χ4v) is 1.67. The highest BCUT2D eigenvalue weighted by Gasteiger charge is 2.17. The SMILES string of the molecule is CCCOc1ccc(NC(=O)[C@H](N)C(C)C)cc1Cl.Cl. The molecule has 1 atom stereocenters. The average molecular weight is 321 g/mol. The van der Waals surface area contributed by atoms with E-state index in [1.807, 2.05) is 20.8 Å². The van der Waals surface area contributed by atoms with Gasteiger partial charge in [0.25, 0.3) is 0 Å². The summed E-state index contributed by atoms with van der Waals surface area (Å²) in [7, 11) is 0. The van der Waals surface area contributed by atoms with Gasteiger partial charge in [-0.2, -0.15) is 0 Å². The zero-order valence-corrected chi connectivity index (χ0v) is 13.6. The van der Waals surface area contributed by atoms with Crippen LogP contribution in [-0.4, -0.2) is 18.6 Å². The zero-order chi connectivity index (χ0) is 14.4. The quantitative estimate of drug-likeness (QED) is 0.843. The fourth-order valence-electron chi connectivity index (χ4n) is 1.44. The summed E-state index contributed by atoms with van der Waals surface area (Å²) in [5, 5.41) is 3.22. The first-order chi connectivity index (χ1) is 8.95. The molecule has 0 aromatic heterocycles. The zero-order valence-electron chi connectivity index (χ0n) is 12.0. The molecular formula is C14H22Cl2N2O2. The van der Waals surface area contributed by atoms with Gasteiger partial charge in [-0.15, -0.1) is 12.4 Å². The van der Waals surface area contributed by atoms with Crippen LogP contribution in [0.5, 0.6) is 5.75 Å². The monoisotopic (exact) mass is 320 g/mol. The molecule has 0 unspecified atom stereocenters. The third-order valence-electron chi connectivity index (χ3n) is 2.68. The molecule has 0 saturated heterocycles. The molecular weight excluding hydrogens is 299 g/mol. The van der Waals surface area contributed by atoms with Crippen molar-refractivity contribution in [1.29, 1.82) is 0 Å². The van der Waals surface area contributed by atoms with Gasteiger partial charge >= 0.3 is 0 Å². The van der Waals surface area contributed by atoms with Gasteiger partial charge in [-0.3, -0.25) is 4.79 Å². The van der Waals surface area contributed by atoms with E-state index >= 15 is 0 Å². The molecule has 0 bridgehead atoms. The third-order valence-corrected chi connectivity index (χ3v) is 2.98. The first-order valence-electron chi connectivity index (χ1n) is 6.44. The Hall–Kier alpha value is -0.970. The fraction of sp³-hybridized carbons (Fsp3) is 0.500. The van der Waals surface area contributed by atoms with E-state index in [4.69, 9.17) is 22.1 Å². The number of carbonyl (C=O) groups excluding carboxylic acids is 1. The highest BCUT2D eigenvalue weighted by Crippen LogP contribution is 2.27. The van der Waals surface area contributed by atoms with E-state index in [0.29, 0.717) is 23.1 Å². The maximum Gasteiger partial charge on any atom is 0.241 e. The van der Waals surface area contributed by atoms with E-state index in [-0.39, 0.29) is 24.2 Å². The Bertz CT molecular complexity index is 439. The lowest BCUT2D eigenvalue weighted by Gasteiger charge is -2.16. The number of nitrogens with one attached hydrogen (secondary N) is 1. The van der Waals surface area contributed by atoms with Gasteiger partial charge in [0.05, 0.1) is 17.7 Å². The largest absolute Gasteiger partial charge is 0.492 e. The van der Waals surface area contributed by atoms with Gasteiger partial charge in [-0.25, -0.2) is 0 Å². The predicted molar refractivity (Wildman–Crippen MR) is 85.9 cm³/mol. The number of hydrogen-bond acceptors (Lipinski definition) is 3. The lowest BCUT2D eigenvalue weighted by molar-refractivity contribution is -0.118. The van der Waals surface area contributed by atoms with Crippen molar-refractivity contribution in [3.63, 3.8) is 0 Å².